The molecule has 1 aromatic carbocycles. The topological polar surface area (TPSA) is 66.8 Å². The normalized spacial score (nSPS) is 18.3. The third-order valence-corrected chi connectivity index (χ3v) is 3.92. The first-order valence-corrected chi connectivity index (χ1v) is 7.62. The number of aliphatic carboxylic acids is 1. The molecule has 1 saturated heterocycles. The molecule has 8 heteroatoms. The summed E-state index contributed by atoms with van der Waals surface area (Å²) in [5, 5.41) is 8.74. The summed E-state index contributed by atoms with van der Waals surface area (Å²) in [6.07, 6.45) is -2.92. The van der Waals surface area contributed by atoms with E-state index in [0.717, 1.165) is 12.5 Å². The number of ether oxygens (including phenoxy) is 1. The minimum atomic E-state index is -4.87. The Morgan fingerprint density at radius 1 is 1.29 bits per heavy atom. The fourth-order valence-corrected chi connectivity index (χ4v) is 2.84. The summed E-state index contributed by atoms with van der Waals surface area (Å²) in [6, 6.07) is 5.24. The fourth-order valence-electron chi connectivity index (χ4n) is 2.84. The summed E-state index contributed by atoms with van der Waals surface area (Å²) in [7, 11) is 0. The quantitative estimate of drug-likeness (QED) is 0.889. The third kappa shape index (κ3) is 5.14. The maximum Gasteiger partial charge on any atom is 0.573 e. The van der Waals surface area contributed by atoms with E-state index in [1.165, 1.54) is 23.1 Å². The van der Waals surface area contributed by atoms with Crippen LogP contribution in [0.25, 0.3) is 0 Å². The number of para-hydroxylation sites is 1. The summed E-state index contributed by atoms with van der Waals surface area (Å²) < 4.78 is 41.3. The molecule has 1 aliphatic heterocycles. The molecule has 0 saturated carbocycles. The molecule has 1 N–H and O–H groups in total. The van der Waals surface area contributed by atoms with Crippen LogP contribution in [0.2, 0.25) is 0 Å². The molecule has 1 unspecified atom stereocenters. The van der Waals surface area contributed by atoms with Crippen molar-refractivity contribution in [1.82, 2.24) is 4.90 Å². The van der Waals surface area contributed by atoms with Crippen LogP contribution >= 0.6 is 0 Å². The molecule has 5 nitrogen and oxygen atoms in total. The summed E-state index contributed by atoms with van der Waals surface area (Å²) in [5.41, 5.74) is -0.145. The van der Waals surface area contributed by atoms with Crippen LogP contribution < -0.4 is 4.74 Å². The lowest BCUT2D eigenvalue weighted by molar-refractivity contribution is -0.274. The van der Waals surface area contributed by atoms with Crippen molar-refractivity contribution in [3.63, 3.8) is 0 Å². The minimum absolute atomic E-state index is 0.0144. The van der Waals surface area contributed by atoms with Gasteiger partial charge in [0.15, 0.2) is 0 Å². The van der Waals surface area contributed by atoms with Crippen LogP contribution in [-0.2, 0) is 4.79 Å². The van der Waals surface area contributed by atoms with E-state index in [0.29, 0.717) is 25.9 Å². The number of nitrogens with zero attached hydrogens (tertiary/aromatic N) is 1. The zero-order valence-electron chi connectivity index (χ0n) is 12.9. The lowest BCUT2D eigenvalue weighted by atomic mass is 9.93. The molecule has 1 fully saturated rings. The highest BCUT2D eigenvalue weighted by atomic mass is 19.4. The number of halogens is 3. The molecular formula is C16H18F3NO4. The number of rotatable bonds is 5. The van der Waals surface area contributed by atoms with Crippen molar-refractivity contribution in [1.29, 1.82) is 0 Å². The largest absolute Gasteiger partial charge is 0.573 e. The van der Waals surface area contributed by atoms with Gasteiger partial charge in [-0.2, -0.15) is 0 Å². The Hall–Kier alpha value is -2.25. The Morgan fingerprint density at radius 2 is 2.00 bits per heavy atom. The fraction of sp³-hybridized carbons (Fsp3) is 0.500. The van der Waals surface area contributed by atoms with Crippen molar-refractivity contribution < 1.29 is 32.6 Å². The van der Waals surface area contributed by atoms with Crippen molar-refractivity contribution in [3.05, 3.63) is 29.8 Å². The molecule has 24 heavy (non-hydrogen) atoms. The number of carbonyl (C=O) groups is 2. The number of likely N-dealkylation sites (tertiary alicyclic amines) is 1. The number of carboxylic acid groups (broad SMARTS) is 1. The zero-order valence-corrected chi connectivity index (χ0v) is 12.9. The smallest absolute Gasteiger partial charge is 0.481 e. The Balaban J connectivity index is 2.09. The van der Waals surface area contributed by atoms with E-state index in [1.54, 1.807) is 0 Å². The molecule has 1 aliphatic rings. The van der Waals surface area contributed by atoms with Crippen LogP contribution in [0.3, 0.4) is 0 Å². The van der Waals surface area contributed by atoms with E-state index in [9.17, 15) is 22.8 Å². The van der Waals surface area contributed by atoms with Gasteiger partial charge in [0.25, 0.3) is 5.91 Å². The highest BCUT2D eigenvalue weighted by Gasteiger charge is 2.34. The number of piperidine rings is 1. The summed E-state index contributed by atoms with van der Waals surface area (Å²) in [5.74, 6) is -1.92. The lowest BCUT2D eigenvalue weighted by Crippen LogP contribution is -2.40. The number of carbonyl (C=O) groups excluding carboxylic acids is 1. The van der Waals surface area contributed by atoms with Gasteiger partial charge in [0, 0.05) is 19.5 Å². The zero-order chi connectivity index (χ0) is 17.7. The van der Waals surface area contributed by atoms with Gasteiger partial charge in [-0.25, -0.2) is 0 Å². The molecule has 1 aromatic rings. The molecule has 1 heterocycles. The molecule has 1 amide bonds. The van der Waals surface area contributed by atoms with Crippen LogP contribution in [0.1, 0.15) is 36.0 Å². The van der Waals surface area contributed by atoms with Gasteiger partial charge in [-0.1, -0.05) is 12.1 Å². The van der Waals surface area contributed by atoms with Gasteiger partial charge in [0.2, 0.25) is 0 Å². The molecule has 0 radical (unpaired) electrons. The van der Waals surface area contributed by atoms with Crippen molar-refractivity contribution >= 4 is 11.9 Å². The first-order valence-electron chi connectivity index (χ1n) is 7.62. The van der Waals surface area contributed by atoms with Crippen LogP contribution in [0.15, 0.2) is 24.3 Å². The summed E-state index contributed by atoms with van der Waals surface area (Å²) in [6.45, 7) is 0.773. The highest BCUT2D eigenvalue weighted by molar-refractivity contribution is 5.97. The first-order chi connectivity index (χ1) is 11.3. The Labute approximate surface area is 137 Å². The molecule has 0 aliphatic carbocycles. The standard InChI is InChI=1S/C16H18F3NO4/c17-16(18,19)24-13-6-2-1-5-12(13)15(23)20-9-3-4-11(10-20)7-8-14(21)22/h1-2,5-6,11H,3-4,7-10H2,(H,21,22). The maximum absolute atomic E-state index is 12.6. The monoisotopic (exact) mass is 345 g/mol. The minimum Gasteiger partial charge on any atom is -0.481 e. The highest BCUT2D eigenvalue weighted by Crippen LogP contribution is 2.29. The van der Waals surface area contributed by atoms with Crippen LogP contribution in [0.4, 0.5) is 13.2 Å². The van der Waals surface area contributed by atoms with Crippen molar-refractivity contribution in [2.24, 2.45) is 5.92 Å². The first kappa shape index (κ1) is 18.1. The third-order valence-electron chi connectivity index (χ3n) is 3.92. The van der Waals surface area contributed by atoms with E-state index in [1.807, 2.05) is 0 Å². The second-order valence-corrected chi connectivity index (χ2v) is 5.74. The average molecular weight is 345 g/mol. The number of hydrogen-bond donors (Lipinski definition) is 1. The van der Waals surface area contributed by atoms with E-state index in [-0.39, 0.29) is 17.9 Å². The predicted octanol–water partition coefficient (Wildman–Crippen LogP) is 3.30. The number of alkyl halides is 3. The maximum atomic E-state index is 12.6. The number of carboxylic acids is 1. The van der Waals surface area contributed by atoms with Gasteiger partial charge < -0.3 is 14.7 Å². The van der Waals surface area contributed by atoms with Gasteiger partial charge in [-0.15, -0.1) is 13.2 Å². The van der Waals surface area contributed by atoms with Crippen molar-refractivity contribution in [3.8, 4) is 5.75 Å². The van der Waals surface area contributed by atoms with Crippen LogP contribution in [0, 0.1) is 5.92 Å². The number of amides is 1. The molecule has 2 rings (SSSR count). The van der Waals surface area contributed by atoms with E-state index >= 15 is 0 Å². The predicted molar refractivity (Wildman–Crippen MR) is 78.6 cm³/mol. The van der Waals surface area contributed by atoms with E-state index in [4.69, 9.17) is 5.11 Å². The van der Waals surface area contributed by atoms with E-state index < -0.39 is 24.0 Å². The summed E-state index contributed by atoms with van der Waals surface area (Å²) >= 11 is 0. The van der Waals surface area contributed by atoms with Crippen LogP contribution in [0.5, 0.6) is 5.75 Å². The molecule has 0 bridgehead atoms. The molecule has 1 atom stereocenters. The Bertz CT molecular complexity index is 603. The van der Waals surface area contributed by atoms with Crippen molar-refractivity contribution in [2.75, 3.05) is 13.1 Å². The van der Waals surface area contributed by atoms with Gasteiger partial charge in [-0.05, 0) is 37.3 Å². The van der Waals surface area contributed by atoms with E-state index in [2.05, 4.69) is 4.74 Å². The van der Waals surface area contributed by atoms with Gasteiger partial charge in [-0.3, -0.25) is 9.59 Å². The van der Waals surface area contributed by atoms with Crippen molar-refractivity contribution in [2.45, 2.75) is 32.0 Å². The molecule has 132 valence electrons. The van der Waals surface area contributed by atoms with Gasteiger partial charge in [0.05, 0.1) is 5.56 Å². The molecular weight excluding hydrogens is 327 g/mol. The number of benzene rings is 1. The van der Waals surface area contributed by atoms with Gasteiger partial charge >= 0.3 is 12.3 Å². The van der Waals surface area contributed by atoms with Gasteiger partial charge in [0.1, 0.15) is 5.75 Å². The molecule has 0 aromatic heterocycles. The average Bonchev–Trinajstić information content (AvgIpc) is 2.51. The second-order valence-electron chi connectivity index (χ2n) is 5.74. The van der Waals surface area contributed by atoms with Crippen LogP contribution in [-0.4, -0.2) is 41.3 Å². The SMILES string of the molecule is O=C(O)CCC1CCCN(C(=O)c2ccccc2OC(F)(F)F)C1. The Morgan fingerprint density at radius 3 is 2.67 bits per heavy atom. The Kier molecular flexibility index (Phi) is 5.69. The summed E-state index contributed by atoms with van der Waals surface area (Å²) in [4.78, 5) is 24.7. The lowest BCUT2D eigenvalue weighted by Gasteiger charge is -2.33. The second kappa shape index (κ2) is 7.55. The number of hydrogen-bond acceptors (Lipinski definition) is 3. The molecule has 0 spiro atoms.